The molecule has 4 heteroatoms. The zero-order valence-corrected chi connectivity index (χ0v) is 3.96. The van der Waals surface area contributed by atoms with Crippen LogP contribution < -0.4 is 0 Å². The van der Waals surface area contributed by atoms with Crippen molar-refractivity contribution in [2.45, 2.75) is 0 Å². The monoisotopic (exact) mass is 108 g/mol. The summed E-state index contributed by atoms with van der Waals surface area (Å²) in [5.41, 5.74) is 0. The summed E-state index contributed by atoms with van der Waals surface area (Å²) < 4.78 is 3.94. The van der Waals surface area contributed by atoms with E-state index in [-0.39, 0.29) is 7.58 Å². The van der Waals surface area contributed by atoms with E-state index in [4.69, 9.17) is 4.79 Å². The second kappa shape index (κ2) is 3.99. The van der Waals surface area contributed by atoms with Crippen LogP contribution in [0, 0.1) is 0 Å². The third-order valence-corrected chi connectivity index (χ3v) is 0.516. The number of hydrogen-bond acceptors (Lipinski definition) is 3. The largest absolute Gasteiger partial charge is 0.398 e. The lowest BCUT2D eigenvalue weighted by atomic mass is 11.7. The Hall–Kier alpha value is -0.0100. The van der Waals surface area contributed by atoms with E-state index in [1.54, 1.807) is 0 Å². The molecule has 0 saturated heterocycles. The highest BCUT2D eigenvalue weighted by Gasteiger charge is 1.57. The standard InChI is InChI=1S/CHO2PS/c2-1-3-4-5/h1H. The van der Waals surface area contributed by atoms with Crippen molar-refractivity contribution in [1.29, 1.82) is 0 Å². The van der Waals surface area contributed by atoms with Crippen LogP contribution in [-0.4, -0.2) is 6.47 Å². The van der Waals surface area contributed by atoms with Gasteiger partial charge in [-0.2, -0.15) is 0 Å². The van der Waals surface area contributed by atoms with Gasteiger partial charge in [-0.15, -0.1) is 0 Å². The third-order valence-electron chi connectivity index (χ3n) is 0.0861. The Morgan fingerprint density at radius 3 is 2.60 bits per heavy atom. The van der Waals surface area contributed by atoms with Crippen LogP contribution in [0.2, 0.25) is 0 Å². The SMILES string of the molecule is O=COP=S. The lowest BCUT2D eigenvalue weighted by molar-refractivity contribution is -0.119. The van der Waals surface area contributed by atoms with Gasteiger partial charge in [0.05, 0.1) is 0 Å². The molecule has 0 heterocycles. The first-order valence-corrected chi connectivity index (χ1v) is 2.66. The second-order valence-corrected chi connectivity index (χ2v) is 1.08. The van der Waals surface area contributed by atoms with Crippen LogP contribution in [0.15, 0.2) is 0 Å². The van der Waals surface area contributed by atoms with Crippen molar-refractivity contribution in [2.24, 2.45) is 0 Å². The molecule has 0 aliphatic carbocycles. The number of hydrogen-bond donors (Lipinski definition) is 0. The van der Waals surface area contributed by atoms with Gasteiger partial charge < -0.3 is 4.52 Å². The van der Waals surface area contributed by atoms with Crippen molar-refractivity contribution in [3.63, 3.8) is 0 Å². The van der Waals surface area contributed by atoms with E-state index in [2.05, 4.69) is 16.3 Å². The summed E-state index contributed by atoms with van der Waals surface area (Å²) in [6, 6.07) is 0. The van der Waals surface area contributed by atoms with Crippen molar-refractivity contribution in [1.82, 2.24) is 0 Å². The fourth-order valence-electron chi connectivity index (χ4n) is 0.0176. The van der Waals surface area contributed by atoms with Crippen LogP contribution in [-0.2, 0) is 21.1 Å². The summed E-state index contributed by atoms with van der Waals surface area (Å²) in [7, 11) is 0.245. The summed E-state index contributed by atoms with van der Waals surface area (Å²) in [6.07, 6.45) is 0. The Morgan fingerprint density at radius 2 is 2.60 bits per heavy atom. The molecule has 0 atom stereocenters. The molecule has 5 heavy (non-hydrogen) atoms. The normalized spacial score (nSPS) is 7.20. The molecule has 0 spiro atoms. The first kappa shape index (κ1) is 4.99. The lowest BCUT2D eigenvalue weighted by Crippen LogP contribution is -1.58. The maximum Gasteiger partial charge on any atom is 0.302 e. The fourth-order valence-corrected chi connectivity index (χ4v) is 0.158. The zero-order valence-electron chi connectivity index (χ0n) is 2.25. The van der Waals surface area contributed by atoms with Crippen molar-refractivity contribution in [2.75, 3.05) is 0 Å². The average Bonchev–Trinajstić information content (AvgIpc) is 1.41. The minimum absolute atomic E-state index is 0.245. The molecule has 0 rings (SSSR count). The van der Waals surface area contributed by atoms with Crippen molar-refractivity contribution >= 4 is 25.9 Å². The Bertz CT molecular complexity index is 38.9. The molecule has 0 bridgehead atoms. The highest BCUT2D eigenvalue weighted by molar-refractivity contribution is 7.94. The van der Waals surface area contributed by atoms with Crippen LogP contribution in [0.1, 0.15) is 0 Å². The van der Waals surface area contributed by atoms with E-state index in [1.807, 2.05) is 0 Å². The highest BCUT2D eigenvalue weighted by atomic mass is 32.4. The van der Waals surface area contributed by atoms with Gasteiger partial charge in [0.2, 0.25) is 7.58 Å². The molecule has 0 fully saturated rings. The molecule has 0 N–H and O–H groups in total. The van der Waals surface area contributed by atoms with E-state index in [0.29, 0.717) is 6.47 Å². The molecular weight excluding hydrogens is 107 g/mol. The van der Waals surface area contributed by atoms with Gasteiger partial charge >= 0.3 is 6.47 Å². The first-order valence-electron chi connectivity index (χ1n) is 0.837. The zero-order chi connectivity index (χ0) is 4.12. The summed E-state index contributed by atoms with van der Waals surface area (Å²) in [6.45, 7) is 0.314. The molecule has 0 aromatic heterocycles. The van der Waals surface area contributed by atoms with Gasteiger partial charge in [0.1, 0.15) is 0 Å². The van der Waals surface area contributed by atoms with E-state index in [1.165, 1.54) is 0 Å². The quantitative estimate of drug-likeness (QED) is 0.380. The Labute approximate surface area is 36.1 Å². The maximum atomic E-state index is 9.11. The smallest absolute Gasteiger partial charge is 0.302 e. The third kappa shape index (κ3) is 3.99. The second-order valence-electron chi connectivity index (χ2n) is 0.276. The summed E-state index contributed by atoms with van der Waals surface area (Å²) in [5, 5.41) is 0. The summed E-state index contributed by atoms with van der Waals surface area (Å²) in [4.78, 5) is 9.11. The van der Waals surface area contributed by atoms with E-state index in [0.717, 1.165) is 0 Å². The number of carbonyl (C=O) groups is 1. The van der Waals surface area contributed by atoms with Gasteiger partial charge in [0, 0.05) is 0 Å². The predicted octanol–water partition coefficient (Wildman–Crippen LogP) is 0.482. The van der Waals surface area contributed by atoms with Gasteiger partial charge in [-0.1, -0.05) is 0 Å². The predicted molar refractivity (Wildman–Crippen MR) is 21.4 cm³/mol. The summed E-state index contributed by atoms with van der Waals surface area (Å²) >= 11 is 4.17. The van der Waals surface area contributed by atoms with Crippen LogP contribution >= 0.6 is 7.58 Å². The Kier molecular flexibility index (Phi) is 3.98. The molecule has 0 unspecified atom stereocenters. The number of rotatable bonds is 2. The molecule has 28 valence electrons. The van der Waals surface area contributed by atoms with Gasteiger partial charge in [-0.25, -0.2) is 0 Å². The molecule has 0 aromatic carbocycles. The summed E-state index contributed by atoms with van der Waals surface area (Å²) in [5.74, 6) is 0. The molecule has 0 aliphatic rings. The van der Waals surface area contributed by atoms with Crippen LogP contribution in [0.5, 0.6) is 0 Å². The van der Waals surface area contributed by atoms with Gasteiger partial charge in [0.25, 0.3) is 0 Å². The van der Waals surface area contributed by atoms with E-state index in [9.17, 15) is 0 Å². The Morgan fingerprint density at radius 1 is 2.00 bits per heavy atom. The van der Waals surface area contributed by atoms with Gasteiger partial charge in [-0.05, 0) is 11.8 Å². The minimum atomic E-state index is 0.245. The highest BCUT2D eigenvalue weighted by Crippen LogP contribution is 1.85. The topological polar surface area (TPSA) is 26.3 Å². The molecule has 0 aliphatic heterocycles. The van der Waals surface area contributed by atoms with E-state index >= 15 is 0 Å². The molecule has 0 saturated carbocycles. The van der Waals surface area contributed by atoms with Crippen LogP contribution in [0.4, 0.5) is 0 Å². The molecule has 0 amide bonds. The molecule has 2 nitrogen and oxygen atoms in total. The van der Waals surface area contributed by atoms with Crippen molar-refractivity contribution in [3.05, 3.63) is 0 Å². The van der Waals surface area contributed by atoms with Crippen molar-refractivity contribution in [3.8, 4) is 0 Å². The van der Waals surface area contributed by atoms with Crippen molar-refractivity contribution < 1.29 is 9.32 Å². The average molecular weight is 108 g/mol. The van der Waals surface area contributed by atoms with Crippen LogP contribution in [0.25, 0.3) is 0 Å². The van der Waals surface area contributed by atoms with Gasteiger partial charge in [-0.3, -0.25) is 4.79 Å². The minimum Gasteiger partial charge on any atom is -0.398 e. The maximum absolute atomic E-state index is 9.11. The molecule has 0 radical (unpaired) electrons. The van der Waals surface area contributed by atoms with E-state index < -0.39 is 0 Å². The van der Waals surface area contributed by atoms with Gasteiger partial charge in [0.15, 0.2) is 0 Å². The molecular formula is CHO2PS. The fraction of sp³-hybridized carbons (Fsp3) is 0. The lowest BCUT2D eigenvalue weighted by Gasteiger charge is -1.66. The van der Waals surface area contributed by atoms with Crippen LogP contribution in [0.3, 0.4) is 0 Å². The first-order chi connectivity index (χ1) is 2.41. The number of carbonyl (C=O) groups excluding carboxylic acids is 1. The molecule has 0 aromatic rings. The Balaban J connectivity index is 2.65.